The first-order valence-electron chi connectivity index (χ1n) is 12.4. The third kappa shape index (κ3) is 6.12. The highest BCUT2D eigenvalue weighted by atomic mass is 16.6. The minimum atomic E-state index is 0.273. The van der Waals surface area contributed by atoms with Crippen LogP contribution in [0.5, 0.6) is 11.5 Å². The molecule has 2 aliphatic rings. The van der Waals surface area contributed by atoms with Gasteiger partial charge < -0.3 is 23.7 Å². The number of hydrogen-bond donors (Lipinski definition) is 0. The van der Waals surface area contributed by atoms with E-state index in [0.29, 0.717) is 26.4 Å². The first-order chi connectivity index (χ1) is 17.3. The number of rotatable bonds is 12. The van der Waals surface area contributed by atoms with Gasteiger partial charge in [-0.1, -0.05) is 48.5 Å². The molecule has 0 bridgehead atoms. The molecule has 2 heterocycles. The molecule has 5 nitrogen and oxygen atoms in total. The van der Waals surface area contributed by atoms with Gasteiger partial charge in [0.05, 0.1) is 26.4 Å². The Morgan fingerprint density at radius 3 is 1.46 bits per heavy atom. The van der Waals surface area contributed by atoms with Crippen LogP contribution in [0.4, 0.5) is 0 Å². The highest BCUT2D eigenvalue weighted by molar-refractivity contribution is 5.85. The number of ether oxygens (including phenoxy) is 5. The summed E-state index contributed by atoms with van der Waals surface area (Å²) in [5.74, 6) is 1.80. The van der Waals surface area contributed by atoms with Crippen LogP contribution in [0.15, 0.2) is 72.8 Å². The molecule has 4 aromatic carbocycles. The maximum Gasteiger partial charge on any atom is 0.120 e. The van der Waals surface area contributed by atoms with Crippen molar-refractivity contribution in [3.8, 4) is 11.5 Å². The zero-order valence-corrected chi connectivity index (χ0v) is 19.8. The molecule has 0 N–H and O–H groups in total. The molecule has 5 heteroatoms. The third-order valence-corrected chi connectivity index (χ3v) is 6.50. The smallest absolute Gasteiger partial charge is 0.120 e. The van der Waals surface area contributed by atoms with Crippen LogP contribution >= 0.6 is 0 Å². The molecule has 0 radical (unpaired) electrons. The third-order valence-electron chi connectivity index (χ3n) is 6.50. The maximum atomic E-state index is 5.96. The van der Waals surface area contributed by atoms with Crippen LogP contribution in [-0.2, 0) is 27.1 Å². The lowest BCUT2D eigenvalue weighted by Crippen LogP contribution is -2.04. The number of epoxide rings is 2. The largest absolute Gasteiger partial charge is 0.491 e. The zero-order chi connectivity index (χ0) is 23.5. The number of fused-ring (bicyclic) bond motifs is 2. The van der Waals surface area contributed by atoms with Gasteiger partial charge in [-0.15, -0.1) is 0 Å². The Morgan fingerprint density at radius 1 is 0.571 bits per heavy atom. The van der Waals surface area contributed by atoms with Crippen LogP contribution < -0.4 is 9.47 Å². The molecule has 6 rings (SSSR count). The Hall–Kier alpha value is -3.12. The van der Waals surface area contributed by atoms with Gasteiger partial charge in [0.25, 0.3) is 0 Å². The van der Waals surface area contributed by atoms with E-state index in [9.17, 15) is 0 Å². The van der Waals surface area contributed by atoms with E-state index in [-0.39, 0.29) is 12.2 Å². The van der Waals surface area contributed by atoms with Crippen LogP contribution in [0.3, 0.4) is 0 Å². The summed E-state index contributed by atoms with van der Waals surface area (Å²) in [6, 6.07) is 25.7. The molecule has 180 valence electrons. The highest BCUT2D eigenvalue weighted by Gasteiger charge is 2.23. The van der Waals surface area contributed by atoms with Gasteiger partial charge in [-0.25, -0.2) is 0 Å². The van der Waals surface area contributed by atoms with Crippen molar-refractivity contribution in [2.45, 2.75) is 25.0 Å². The Labute approximate surface area is 205 Å². The standard InChI is InChI=1S/C30H30O5/c1-3-25-15-27(32-17-29-19-34-29)7-5-23(25)13-21(1)9-11-31-12-10-22-2-4-26-16-28(8-6-24(26)14-22)33-18-30-20-35-30/h1-8,13-16,29-30H,9-12,17-20H2. The predicted molar refractivity (Wildman–Crippen MR) is 137 cm³/mol. The first kappa shape index (κ1) is 22.4. The van der Waals surface area contributed by atoms with Gasteiger partial charge in [0.2, 0.25) is 0 Å². The zero-order valence-electron chi connectivity index (χ0n) is 19.8. The Balaban J connectivity index is 0.962. The Kier molecular flexibility index (Phi) is 6.54. The van der Waals surface area contributed by atoms with E-state index in [0.717, 1.165) is 37.6 Å². The van der Waals surface area contributed by atoms with Crippen LogP contribution in [-0.4, -0.2) is 51.8 Å². The fraction of sp³-hybridized carbons (Fsp3) is 0.333. The molecule has 0 amide bonds. The summed E-state index contributed by atoms with van der Waals surface area (Å²) in [5, 5.41) is 4.83. The Bertz CT molecular complexity index is 1210. The van der Waals surface area contributed by atoms with E-state index in [1.807, 2.05) is 12.1 Å². The molecule has 4 aromatic rings. The lowest BCUT2D eigenvalue weighted by molar-refractivity contribution is 0.140. The lowest BCUT2D eigenvalue weighted by Gasteiger charge is -2.09. The molecule has 0 aromatic heterocycles. The van der Waals surface area contributed by atoms with Crippen molar-refractivity contribution in [2.24, 2.45) is 0 Å². The molecular weight excluding hydrogens is 440 g/mol. The molecule has 2 aliphatic heterocycles. The van der Waals surface area contributed by atoms with Crippen LogP contribution in [0.25, 0.3) is 21.5 Å². The topological polar surface area (TPSA) is 52.8 Å². The van der Waals surface area contributed by atoms with Gasteiger partial charge >= 0.3 is 0 Å². The molecule has 2 atom stereocenters. The SMILES string of the molecule is c1cc2cc(OCC3CO3)ccc2cc1CCOCCc1ccc2cc(OCC3CO3)ccc2c1. The maximum absolute atomic E-state index is 5.96. The molecule has 2 saturated heterocycles. The fourth-order valence-corrected chi connectivity index (χ4v) is 4.23. The van der Waals surface area contributed by atoms with E-state index in [2.05, 4.69) is 60.7 Å². The average Bonchev–Trinajstić information content (AvgIpc) is 3.81. The second-order valence-corrected chi connectivity index (χ2v) is 9.33. The fourth-order valence-electron chi connectivity index (χ4n) is 4.23. The van der Waals surface area contributed by atoms with Crippen LogP contribution in [0, 0.1) is 0 Å². The van der Waals surface area contributed by atoms with Crippen molar-refractivity contribution in [3.63, 3.8) is 0 Å². The van der Waals surface area contributed by atoms with Gasteiger partial charge in [0, 0.05) is 0 Å². The van der Waals surface area contributed by atoms with E-state index in [4.69, 9.17) is 23.7 Å². The monoisotopic (exact) mass is 470 g/mol. The molecular formula is C30H30O5. The van der Waals surface area contributed by atoms with Gasteiger partial charge in [-0.2, -0.15) is 0 Å². The van der Waals surface area contributed by atoms with E-state index in [1.54, 1.807) is 0 Å². The second-order valence-electron chi connectivity index (χ2n) is 9.33. The summed E-state index contributed by atoms with van der Waals surface area (Å²) >= 11 is 0. The van der Waals surface area contributed by atoms with Crippen molar-refractivity contribution in [1.29, 1.82) is 0 Å². The molecule has 0 saturated carbocycles. The predicted octanol–water partition coefficient (Wildman–Crippen LogP) is 5.35. The van der Waals surface area contributed by atoms with Crippen molar-refractivity contribution in [2.75, 3.05) is 39.6 Å². The lowest BCUT2D eigenvalue weighted by atomic mass is 10.0. The summed E-state index contributed by atoms with van der Waals surface area (Å²) in [6.07, 6.45) is 2.35. The minimum absolute atomic E-state index is 0.273. The summed E-state index contributed by atoms with van der Waals surface area (Å²) < 4.78 is 28.0. The average molecular weight is 471 g/mol. The van der Waals surface area contributed by atoms with Gasteiger partial charge in [0.15, 0.2) is 0 Å². The van der Waals surface area contributed by atoms with Crippen LogP contribution in [0.1, 0.15) is 11.1 Å². The van der Waals surface area contributed by atoms with Crippen LogP contribution in [0.2, 0.25) is 0 Å². The van der Waals surface area contributed by atoms with Crippen molar-refractivity contribution in [3.05, 3.63) is 83.9 Å². The summed E-state index contributed by atoms with van der Waals surface area (Å²) in [5.41, 5.74) is 2.57. The van der Waals surface area contributed by atoms with Gasteiger partial charge in [-0.3, -0.25) is 0 Å². The van der Waals surface area contributed by atoms with Gasteiger partial charge in [0.1, 0.15) is 36.9 Å². The molecule has 35 heavy (non-hydrogen) atoms. The first-order valence-corrected chi connectivity index (χ1v) is 12.4. The number of hydrogen-bond acceptors (Lipinski definition) is 5. The Morgan fingerprint density at radius 2 is 1.00 bits per heavy atom. The van der Waals surface area contributed by atoms with E-state index in [1.165, 1.54) is 32.7 Å². The highest BCUT2D eigenvalue weighted by Crippen LogP contribution is 2.25. The van der Waals surface area contributed by atoms with Crippen molar-refractivity contribution in [1.82, 2.24) is 0 Å². The van der Waals surface area contributed by atoms with Crippen molar-refractivity contribution < 1.29 is 23.7 Å². The molecule has 0 aliphatic carbocycles. The minimum Gasteiger partial charge on any atom is -0.491 e. The number of benzene rings is 4. The van der Waals surface area contributed by atoms with Gasteiger partial charge in [-0.05, 0) is 69.8 Å². The second kappa shape index (κ2) is 10.2. The molecule has 2 unspecified atom stereocenters. The molecule has 0 spiro atoms. The van der Waals surface area contributed by atoms with E-state index >= 15 is 0 Å². The summed E-state index contributed by atoms with van der Waals surface area (Å²) in [7, 11) is 0. The normalized spacial score (nSPS) is 18.6. The summed E-state index contributed by atoms with van der Waals surface area (Å²) in [6.45, 7) is 4.32. The van der Waals surface area contributed by atoms with Crippen molar-refractivity contribution >= 4 is 21.5 Å². The summed E-state index contributed by atoms with van der Waals surface area (Å²) in [4.78, 5) is 0. The molecule has 2 fully saturated rings. The van der Waals surface area contributed by atoms with E-state index < -0.39 is 0 Å². The quantitative estimate of drug-likeness (QED) is 0.206.